The summed E-state index contributed by atoms with van der Waals surface area (Å²) in [6.07, 6.45) is 8.27. The summed E-state index contributed by atoms with van der Waals surface area (Å²) in [6, 6.07) is 20.2. The number of aromatic nitrogens is 5. The largest absolute Gasteiger partial charge is 0.367 e. The minimum absolute atomic E-state index is 0.174. The van der Waals surface area contributed by atoms with Crippen LogP contribution >= 0.6 is 0 Å². The molecule has 4 aromatic heterocycles. The van der Waals surface area contributed by atoms with Gasteiger partial charge in [-0.2, -0.15) is 0 Å². The van der Waals surface area contributed by atoms with Gasteiger partial charge in [-0.25, -0.2) is 9.97 Å². The van der Waals surface area contributed by atoms with E-state index in [1.54, 1.807) is 12.4 Å². The molecule has 0 fully saturated rings. The van der Waals surface area contributed by atoms with E-state index in [4.69, 9.17) is 9.97 Å². The van der Waals surface area contributed by atoms with Crippen LogP contribution in [0.3, 0.4) is 0 Å². The Morgan fingerprint density at radius 3 is 2.68 bits per heavy atom. The molecule has 6 nitrogen and oxygen atoms in total. The summed E-state index contributed by atoms with van der Waals surface area (Å²) in [7, 11) is 0. The predicted octanol–water partition coefficient (Wildman–Crippen LogP) is 5.13. The van der Waals surface area contributed by atoms with Gasteiger partial charge in [0.05, 0.1) is 5.69 Å². The van der Waals surface area contributed by atoms with Crippen molar-refractivity contribution in [3.05, 3.63) is 91.0 Å². The number of nitrogens with zero attached hydrogens (tertiary/aromatic N) is 4. The predicted molar refractivity (Wildman–Crippen MR) is 124 cm³/mol. The number of nitrogens with one attached hydrogen (secondary N) is 2. The molecule has 5 rings (SSSR count). The topological polar surface area (TPSA) is 79.4 Å². The highest BCUT2D eigenvalue weighted by Gasteiger charge is 2.13. The normalized spacial score (nSPS) is 12.0. The van der Waals surface area contributed by atoms with Crippen molar-refractivity contribution in [3.8, 4) is 22.8 Å². The van der Waals surface area contributed by atoms with Crippen LogP contribution in [0.4, 0.5) is 5.82 Å². The van der Waals surface area contributed by atoms with Gasteiger partial charge in [0.15, 0.2) is 5.82 Å². The first-order chi connectivity index (χ1) is 15.3. The molecule has 0 spiro atoms. The third kappa shape index (κ3) is 4.14. The van der Waals surface area contributed by atoms with E-state index in [1.165, 1.54) is 10.9 Å². The Kier molecular flexibility index (Phi) is 5.10. The average Bonchev–Trinajstić information content (AvgIpc) is 3.23. The van der Waals surface area contributed by atoms with Gasteiger partial charge >= 0.3 is 0 Å². The lowest BCUT2D eigenvalue weighted by molar-refractivity contribution is 0.788. The zero-order chi connectivity index (χ0) is 21.0. The molecular weight excluding hydrogens is 384 g/mol. The van der Waals surface area contributed by atoms with E-state index in [0.29, 0.717) is 5.82 Å². The van der Waals surface area contributed by atoms with Gasteiger partial charge in [0, 0.05) is 53.4 Å². The van der Waals surface area contributed by atoms with E-state index in [2.05, 4.69) is 51.6 Å². The molecule has 0 saturated heterocycles. The summed E-state index contributed by atoms with van der Waals surface area (Å²) < 4.78 is 0. The minimum Gasteiger partial charge on any atom is -0.367 e. The Hall–Kier alpha value is -4.06. The number of H-pyrrole nitrogens is 1. The molecule has 0 amide bonds. The molecule has 0 aliphatic rings. The number of hydrogen-bond donors (Lipinski definition) is 2. The minimum atomic E-state index is 0.174. The van der Waals surface area contributed by atoms with Gasteiger partial charge in [-0.05, 0) is 49.2 Å². The monoisotopic (exact) mass is 406 g/mol. The molecule has 0 aliphatic carbocycles. The molecule has 1 atom stereocenters. The molecule has 0 saturated carbocycles. The van der Waals surface area contributed by atoms with Gasteiger partial charge in [-0.15, -0.1) is 0 Å². The summed E-state index contributed by atoms with van der Waals surface area (Å²) in [6.45, 7) is 2.16. The van der Waals surface area contributed by atoms with Gasteiger partial charge in [0.1, 0.15) is 11.5 Å². The maximum absolute atomic E-state index is 4.75. The maximum Gasteiger partial charge on any atom is 0.180 e. The summed E-state index contributed by atoms with van der Waals surface area (Å²) in [4.78, 5) is 21.5. The highest BCUT2D eigenvalue weighted by atomic mass is 15.1. The van der Waals surface area contributed by atoms with Crippen LogP contribution in [0.1, 0.15) is 12.5 Å². The van der Waals surface area contributed by atoms with Gasteiger partial charge in [0.2, 0.25) is 0 Å². The second-order valence-corrected chi connectivity index (χ2v) is 7.53. The number of para-hydroxylation sites is 1. The fraction of sp³-hybridized carbons (Fsp3) is 0.120. The van der Waals surface area contributed by atoms with Crippen LogP contribution in [-0.4, -0.2) is 31.0 Å². The molecule has 0 bridgehead atoms. The third-order valence-corrected chi connectivity index (χ3v) is 5.17. The first-order valence-corrected chi connectivity index (χ1v) is 10.3. The van der Waals surface area contributed by atoms with Crippen molar-refractivity contribution in [1.82, 2.24) is 24.9 Å². The van der Waals surface area contributed by atoms with Crippen molar-refractivity contribution in [2.24, 2.45) is 0 Å². The fourth-order valence-corrected chi connectivity index (χ4v) is 3.73. The van der Waals surface area contributed by atoms with Crippen molar-refractivity contribution in [2.45, 2.75) is 19.4 Å². The Balaban J connectivity index is 1.46. The molecule has 0 radical (unpaired) electrons. The van der Waals surface area contributed by atoms with Crippen LogP contribution < -0.4 is 5.32 Å². The summed E-state index contributed by atoms with van der Waals surface area (Å²) >= 11 is 0. The zero-order valence-corrected chi connectivity index (χ0v) is 17.2. The molecular formula is C25H22N6. The van der Waals surface area contributed by atoms with E-state index < -0.39 is 0 Å². The van der Waals surface area contributed by atoms with Crippen LogP contribution in [0.5, 0.6) is 0 Å². The van der Waals surface area contributed by atoms with Crippen molar-refractivity contribution in [2.75, 3.05) is 5.32 Å². The smallest absolute Gasteiger partial charge is 0.180 e. The van der Waals surface area contributed by atoms with E-state index in [0.717, 1.165) is 34.7 Å². The van der Waals surface area contributed by atoms with Gasteiger partial charge in [0.25, 0.3) is 0 Å². The molecule has 5 aromatic rings. The average molecular weight is 406 g/mol. The summed E-state index contributed by atoms with van der Waals surface area (Å²) in [5.74, 6) is 1.35. The van der Waals surface area contributed by atoms with Crippen LogP contribution in [0.15, 0.2) is 85.5 Å². The first kappa shape index (κ1) is 18.9. The number of aromatic amines is 1. The Morgan fingerprint density at radius 1 is 0.935 bits per heavy atom. The van der Waals surface area contributed by atoms with Crippen molar-refractivity contribution >= 4 is 16.7 Å². The fourth-order valence-electron chi connectivity index (χ4n) is 3.73. The van der Waals surface area contributed by atoms with Crippen molar-refractivity contribution < 1.29 is 0 Å². The number of hydrogen-bond acceptors (Lipinski definition) is 5. The number of anilines is 1. The van der Waals surface area contributed by atoms with Gasteiger partial charge < -0.3 is 10.3 Å². The molecule has 0 aliphatic heterocycles. The van der Waals surface area contributed by atoms with Crippen LogP contribution in [0, 0.1) is 0 Å². The van der Waals surface area contributed by atoms with Gasteiger partial charge in [-0.3, -0.25) is 9.97 Å². The third-order valence-electron chi connectivity index (χ3n) is 5.17. The zero-order valence-electron chi connectivity index (χ0n) is 17.2. The quantitative estimate of drug-likeness (QED) is 0.409. The number of benzene rings is 1. The lowest BCUT2D eigenvalue weighted by Gasteiger charge is -2.16. The highest BCUT2D eigenvalue weighted by molar-refractivity contribution is 5.83. The lowest BCUT2D eigenvalue weighted by atomic mass is 10.1. The Labute approximate surface area is 180 Å². The number of fused-ring (bicyclic) bond motifs is 1. The van der Waals surface area contributed by atoms with E-state index in [9.17, 15) is 0 Å². The van der Waals surface area contributed by atoms with E-state index >= 15 is 0 Å². The molecule has 6 heteroatoms. The molecule has 2 N–H and O–H groups in total. The van der Waals surface area contributed by atoms with Crippen LogP contribution in [-0.2, 0) is 6.42 Å². The van der Waals surface area contributed by atoms with Crippen molar-refractivity contribution in [3.63, 3.8) is 0 Å². The highest BCUT2D eigenvalue weighted by Crippen LogP contribution is 2.24. The van der Waals surface area contributed by atoms with E-state index in [1.807, 2.05) is 48.7 Å². The SMILES string of the molecule is CC(Cc1c[nH]c2ccccc12)Nc1cc(-c2cccnc2)nc(-c2ccccn2)n1. The van der Waals surface area contributed by atoms with Gasteiger partial charge in [-0.1, -0.05) is 24.3 Å². The second kappa shape index (κ2) is 8.36. The van der Waals surface area contributed by atoms with E-state index in [-0.39, 0.29) is 6.04 Å². The molecule has 1 unspecified atom stereocenters. The number of pyridine rings is 2. The first-order valence-electron chi connectivity index (χ1n) is 10.3. The van der Waals surface area contributed by atoms with Crippen molar-refractivity contribution in [1.29, 1.82) is 0 Å². The molecule has 31 heavy (non-hydrogen) atoms. The van der Waals surface area contributed by atoms with Crippen LogP contribution in [0.25, 0.3) is 33.7 Å². The molecule has 1 aromatic carbocycles. The maximum atomic E-state index is 4.75. The molecule has 4 heterocycles. The summed E-state index contributed by atoms with van der Waals surface area (Å²) in [5.41, 5.74) is 4.92. The molecule has 152 valence electrons. The standard InChI is InChI=1S/C25H22N6/c1-17(13-19-16-28-21-9-3-2-8-20(19)21)29-24-14-23(18-7-6-11-26-15-18)30-25(31-24)22-10-4-5-12-27-22/h2-12,14-17,28H,13H2,1H3,(H,29,30,31). The number of rotatable bonds is 6. The Morgan fingerprint density at radius 2 is 1.84 bits per heavy atom. The second-order valence-electron chi connectivity index (χ2n) is 7.53. The Bertz CT molecular complexity index is 1240. The van der Waals surface area contributed by atoms with Crippen LogP contribution in [0.2, 0.25) is 0 Å². The lowest BCUT2D eigenvalue weighted by Crippen LogP contribution is -2.19. The summed E-state index contributed by atoms with van der Waals surface area (Å²) in [5, 5.41) is 4.81.